The van der Waals surface area contributed by atoms with Crippen LogP contribution in [0.2, 0.25) is 5.15 Å². The highest BCUT2D eigenvalue weighted by atomic mass is 35.5. The van der Waals surface area contributed by atoms with Crippen LogP contribution in [-0.2, 0) is 14.8 Å². The van der Waals surface area contributed by atoms with E-state index in [0.29, 0.717) is 13.2 Å². The summed E-state index contributed by atoms with van der Waals surface area (Å²) < 4.78 is 32.1. The van der Waals surface area contributed by atoms with Crippen molar-refractivity contribution < 1.29 is 13.2 Å². The average Bonchev–Trinajstić information content (AvgIpc) is 2.37. The number of hydrogen-bond donors (Lipinski definition) is 1. The van der Waals surface area contributed by atoms with Gasteiger partial charge in [0.05, 0.1) is 17.6 Å². The highest BCUT2D eigenvalue weighted by Crippen LogP contribution is 2.13. The number of halogens is 1. The van der Waals surface area contributed by atoms with Crippen molar-refractivity contribution in [2.45, 2.75) is 11.0 Å². The molecular weight excluding hydrogens is 290 g/mol. The minimum Gasteiger partial charge on any atom is -0.374 e. The van der Waals surface area contributed by atoms with E-state index in [9.17, 15) is 8.42 Å². The van der Waals surface area contributed by atoms with Gasteiger partial charge in [-0.1, -0.05) is 11.6 Å². The number of nitrogens with one attached hydrogen (secondary N) is 1. The van der Waals surface area contributed by atoms with Crippen LogP contribution in [-0.4, -0.2) is 57.7 Å². The van der Waals surface area contributed by atoms with Crippen LogP contribution in [0.25, 0.3) is 0 Å². The minimum absolute atomic E-state index is 0.108. The average molecular weight is 306 g/mol. The molecule has 106 valence electrons. The van der Waals surface area contributed by atoms with Crippen molar-refractivity contribution in [1.29, 1.82) is 0 Å². The number of likely N-dealkylation sites (N-methyl/N-ethyl adjacent to an activating group) is 1. The van der Waals surface area contributed by atoms with E-state index in [4.69, 9.17) is 16.3 Å². The highest BCUT2D eigenvalue weighted by molar-refractivity contribution is 7.89. The van der Waals surface area contributed by atoms with E-state index in [1.165, 1.54) is 18.3 Å². The molecule has 2 heterocycles. The van der Waals surface area contributed by atoms with Crippen LogP contribution in [0.5, 0.6) is 0 Å². The van der Waals surface area contributed by atoms with Gasteiger partial charge in [-0.05, 0) is 19.2 Å². The van der Waals surface area contributed by atoms with Gasteiger partial charge in [0.1, 0.15) is 5.15 Å². The molecule has 0 amide bonds. The van der Waals surface area contributed by atoms with Gasteiger partial charge in [0, 0.05) is 25.8 Å². The zero-order valence-electron chi connectivity index (χ0n) is 10.5. The Morgan fingerprint density at radius 1 is 1.63 bits per heavy atom. The van der Waals surface area contributed by atoms with Gasteiger partial charge in [-0.15, -0.1) is 0 Å². The Kier molecular flexibility index (Phi) is 4.75. The van der Waals surface area contributed by atoms with Crippen molar-refractivity contribution in [3.05, 3.63) is 23.5 Å². The molecule has 6 nitrogen and oxygen atoms in total. The summed E-state index contributed by atoms with van der Waals surface area (Å²) in [7, 11) is -1.59. The number of rotatable bonds is 4. The van der Waals surface area contributed by atoms with E-state index in [0.717, 1.165) is 6.54 Å². The summed E-state index contributed by atoms with van der Waals surface area (Å²) in [5.41, 5.74) is 0. The lowest BCUT2D eigenvalue weighted by Gasteiger charge is -2.30. The molecule has 1 N–H and O–H groups in total. The Bertz CT molecular complexity index is 538. The third kappa shape index (κ3) is 4.12. The zero-order valence-corrected chi connectivity index (χ0v) is 12.1. The van der Waals surface area contributed by atoms with Crippen molar-refractivity contribution in [2.24, 2.45) is 0 Å². The lowest BCUT2D eigenvalue weighted by Crippen LogP contribution is -2.45. The fourth-order valence-electron chi connectivity index (χ4n) is 1.83. The Hall–Kier alpha value is -0.730. The summed E-state index contributed by atoms with van der Waals surface area (Å²) in [6.07, 6.45) is 1.23. The maximum absolute atomic E-state index is 12.0. The molecule has 0 aromatic carbocycles. The van der Waals surface area contributed by atoms with E-state index in [-0.39, 0.29) is 22.7 Å². The zero-order chi connectivity index (χ0) is 13.9. The van der Waals surface area contributed by atoms with Crippen molar-refractivity contribution in [3.8, 4) is 0 Å². The van der Waals surface area contributed by atoms with E-state index in [2.05, 4.69) is 14.6 Å². The van der Waals surface area contributed by atoms with Gasteiger partial charge < -0.3 is 9.64 Å². The van der Waals surface area contributed by atoms with Crippen LogP contribution in [0.3, 0.4) is 0 Å². The first kappa shape index (κ1) is 14.7. The third-order valence-corrected chi connectivity index (χ3v) is 4.48. The predicted molar refractivity (Wildman–Crippen MR) is 71.7 cm³/mol. The van der Waals surface area contributed by atoms with Gasteiger partial charge in [0.2, 0.25) is 10.0 Å². The molecule has 1 atom stereocenters. The number of aromatic nitrogens is 1. The summed E-state index contributed by atoms with van der Waals surface area (Å²) in [4.78, 5) is 5.97. The first-order valence-electron chi connectivity index (χ1n) is 5.89. The van der Waals surface area contributed by atoms with Crippen LogP contribution in [0, 0.1) is 0 Å². The lowest BCUT2D eigenvalue weighted by atomic mass is 10.3. The van der Waals surface area contributed by atoms with Crippen LogP contribution in [0.4, 0.5) is 0 Å². The topological polar surface area (TPSA) is 71.5 Å². The smallest absolute Gasteiger partial charge is 0.240 e. The van der Waals surface area contributed by atoms with Crippen LogP contribution in [0.1, 0.15) is 0 Å². The maximum Gasteiger partial charge on any atom is 0.240 e. The van der Waals surface area contributed by atoms with Gasteiger partial charge in [-0.25, -0.2) is 18.1 Å². The summed E-state index contributed by atoms with van der Waals surface area (Å²) >= 11 is 5.68. The molecule has 0 bridgehead atoms. The molecule has 1 saturated heterocycles. The summed E-state index contributed by atoms with van der Waals surface area (Å²) in [6.45, 7) is 2.43. The summed E-state index contributed by atoms with van der Waals surface area (Å²) in [6, 6.07) is 2.72. The normalized spacial score (nSPS) is 21.5. The molecule has 1 aromatic heterocycles. The first-order valence-corrected chi connectivity index (χ1v) is 7.75. The molecule has 8 heteroatoms. The molecule has 1 aromatic rings. The molecular formula is C11H16ClN3O3S. The fraction of sp³-hybridized carbons (Fsp3) is 0.545. The Morgan fingerprint density at radius 3 is 3.11 bits per heavy atom. The van der Waals surface area contributed by atoms with Gasteiger partial charge in [-0.3, -0.25) is 0 Å². The SMILES string of the molecule is CN1CCOC(CNS(=O)(=O)c2ccnc(Cl)c2)C1. The quantitative estimate of drug-likeness (QED) is 0.813. The van der Waals surface area contributed by atoms with E-state index in [1.54, 1.807) is 0 Å². The predicted octanol–water partition coefficient (Wildman–Crippen LogP) is 0.344. The van der Waals surface area contributed by atoms with Crippen LogP contribution in [0.15, 0.2) is 23.2 Å². The van der Waals surface area contributed by atoms with Crippen molar-refractivity contribution in [2.75, 3.05) is 33.3 Å². The van der Waals surface area contributed by atoms with E-state index in [1.807, 2.05) is 7.05 Å². The monoisotopic (exact) mass is 305 g/mol. The number of nitrogens with zero attached hydrogens (tertiary/aromatic N) is 2. The van der Waals surface area contributed by atoms with Gasteiger partial charge in [-0.2, -0.15) is 0 Å². The van der Waals surface area contributed by atoms with E-state index >= 15 is 0 Å². The second-order valence-electron chi connectivity index (χ2n) is 4.42. The third-order valence-electron chi connectivity index (χ3n) is 2.85. The first-order chi connectivity index (χ1) is 8.97. The molecule has 1 unspecified atom stereocenters. The fourth-order valence-corrected chi connectivity index (χ4v) is 3.15. The highest BCUT2D eigenvalue weighted by Gasteiger charge is 2.21. The molecule has 0 radical (unpaired) electrons. The molecule has 1 aliphatic rings. The van der Waals surface area contributed by atoms with Crippen LogP contribution >= 0.6 is 11.6 Å². The van der Waals surface area contributed by atoms with Crippen molar-refractivity contribution >= 4 is 21.6 Å². The minimum atomic E-state index is -3.57. The summed E-state index contributed by atoms with van der Waals surface area (Å²) in [5, 5.41) is 0.150. The van der Waals surface area contributed by atoms with Gasteiger partial charge >= 0.3 is 0 Å². The molecule has 1 fully saturated rings. The standard InChI is InChI=1S/C11H16ClN3O3S/c1-15-4-5-18-9(8-15)7-14-19(16,17)10-2-3-13-11(12)6-10/h2-3,6,9,14H,4-5,7-8H2,1H3. The molecule has 2 rings (SSSR count). The number of hydrogen-bond acceptors (Lipinski definition) is 5. The molecule has 1 aliphatic heterocycles. The van der Waals surface area contributed by atoms with Crippen molar-refractivity contribution in [1.82, 2.24) is 14.6 Å². The lowest BCUT2D eigenvalue weighted by molar-refractivity contribution is -0.0156. The molecule has 0 saturated carbocycles. The van der Waals surface area contributed by atoms with E-state index < -0.39 is 10.0 Å². The number of pyridine rings is 1. The molecule has 0 aliphatic carbocycles. The largest absolute Gasteiger partial charge is 0.374 e. The maximum atomic E-state index is 12.0. The van der Waals surface area contributed by atoms with Crippen LogP contribution < -0.4 is 4.72 Å². The molecule has 0 spiro atoms. The Morgan fingerprint density at radius 2 is 2.42 bits per heavy atom. The second kappa shape index (κ2) is 6.15. The summed E-state index contributed by atoms with van der Waals surface area (Å²) in [5.74, 6) is 0. The number of morpholine rings is 1. The molecule has 19 heavy (non-hydrogen) atoms. The number of sulfonamides is 1. The van der Waals surface area contributed by atoms with Gasteiger partial charge in [0.15, 0.2) is 0 Å². The second-order valence-corrected chi connectivity index (χ2v) is 6.58. The Labute approximate surface area is 117 Å². The van der Waals surface area contributed by atoms with Crippen molar-refractivity contribution in [3.63, 3.8) is 0 Å². The Balaban J connectivity index is 1.98. The number of ether oxygens (including phenoxy) is 1. The van der Waals surface area contributed by atoms with Gasteiger partial charge in [0.25, 0.3) is 0 Å².